The predicted octanol–water partition coefficient (Wildman–Crippen LogP) is 2.23. The van der Waals surface area contributed by atoms with Crippen molar-refractivity contribution in [3.63, 3.8) is 0 Å². The third-order valence-corrected chi connectivity index (χ3v) is 3.49. The summed E-state index contributed by atoms with van der Waals surface area (Å²) in [6, 6.07) is 6.26. The third kappa shape index (κ3) is 2.28. The number of nitrogens with one attached hydrogen (secondary N) is 1. The fourth-order valence-corrected chi connectivity index (χ4v) is 2.51. The number of carbonyl (C=O) groups excluding carboxylic acids is 2. The van der Waals surface area contributed by atoms with Crippen LogP contribution in [0.1, 0.15) is 31.7 Å². The van der Waals surface area contributed by atoms with Crippen LogP contribution in [0.25, 0.3) is 0 Å². The molecule has 3 nitrogen and oxygen atoms in total. The van der Waals surface area contributed by atoms with Crippen molar-refractivity contribution < 1.29 is 14.0 Å². The fourth-order valence-electron chi connectivity index (χ4n) is 2.51. The maximum absolute atomic E-state index is 13.8. The van der Waals surface area contributed by atoms with Crippen molar-refractivity contribution in [3.05, 3.63) is 35.6 Å². The summed E-state index contributed by atoms with van der Waals surface area (Å²) >= 11 is 0. The van der Waals surface area contributed by atoms with Crippen molar-refractivity contribution >= 4 is 11.8 Å². The highest BCUT2D eigenvalue weighted by Gasteiger charge is 2.39. The molecule has 1 aromatic rings. The Labute approximate surface area is 105 Å². The van der Waals surface area contributed by atoms with E-state index >= 15 is 0 Å². The van der Waals surface area contributed by atoms with Crippen LogP contribution in [0.5, 0.6) is 0 Å². The minimum atomic E-state index is -0.580. The van der Waals surface area contributed by atoms with Gasteiger partial charge in [-0.25, -0.2) is 4.39 Å². The second-order valence-electron chi connectivity index (χ2n) is 5.02. The molecule has 4 heteroatoms. The highest BCUT2D eigenvalue weighted by atomic mass is 19.1. The number of halogens is 1. The fraction of sp³-hybridized carbons (Fsp3) is 0.429. The summed E-state index contributed by atoms with van der Waals surface area (Å²) < 4.78 is 13.8. The van der Waals surface area contributed by atoms with Crippen LogP contribution in [0, 0.1) is 17.7 Å². The molecule has 1 N–H and O–H groups in total. The average molecular weight is 249 g/mol. The van der Waals surface area contributed by atoms with Crippen LogP contribution in [0.2, 0.25) is 0 Å². The first kappa shape index (κ1) is 12.7. The van der Waals surface area contributed by atoms with Crippen LogP contribution < -0.4 is 5.32 Å². The molecule has 1 fully saturated rings. The van der Waals surface area contributed by atoms with Crippen LogP contribution in [-0.4, -0.2) is 11.8 Å². The van der Waals surface area contributed by atoms with Crippen molar-refractivity contribution in [1.82, 2.24) is 5.32 Å². The van der Waals surface area contributed by atoms with Crippen molar-refractivity contribution in [1.29, 1.82) is 0 Å². The Kier molecular flexibility index (Phi) is 3.45. The van der Waals surface area contributed by atoms with Crippen molar-refractivity contribution in [2.45, 2.75) is 26.2 Å². The van der Waals surface area contributed by atoms with Gasteiger partial charge in [0.2, 0.25) is 11.8 Å². The number of amides is 2. The highest BCUT2D eigenvalue weighted by Crippen LogP contribution is 2.36. The Hall–Kier alpha value is -1.71. The van der Waals surface area contributed by atoms with E-state index in [0.717, 1.165) is 0 Å². The quantitative estimate of drug-likeness (QED) is 0.817. The van der Waals surface area contributed by atoms with E-state index in [1.165, 1.54) is 6.07 Å². The number of hydrogen-bond acceptors (Lipinski definition) is 2. The Morgan fingerprint density at radius 1 is 1.28 bits per heavy atom. The number of benzene rings is 1. The van der Waals surface area contributed by atoms with Gasteiger partial charge in [-0.15, -0.1) is 0 Å². The molecule has 1 aromatic carbocycles. The topological polar surface area (TPSA) is 46.2 Å². The van der Waals surface area contributed by atoms with Crippen LogP contribution in [-0.2, 0) is 9.59 Å². The van der Waals surface area contributed by atoms with Gasteiger partial charge in [-0.05, 0) is 17.9 Å². The van der Waals surface area contributed by atoms with Gasteiger partial charge in [0, 0.05) is 12.0 Å². The highest BCUT2D eigenvalue weighted by molar-refractivity contribution is 6.01. The van der Waals surface area contributed by atoms with E-state index in [1.807, 2.05) is 13.8 Å². The van der Waals surface area contributed by atoms with Gasteiger partial charge in [0.15, 0.2) is 0 Å². The summed E-state index contributed by atoms with van der Waals surface area (Å²) in [4.78, 5) is 23.4. The Morgan fingerprint density at radius 3 is 2.56 bits per heavy atom. The lowest BCUT2D eigenvalue weighted by molar-refractivity contribution is -0.137. The zero-order valence-electron chi connectivity index (χ0n) is 10.4. The first-order valence-electron chi connectivity index (χ1n) is 6.09. The molecule has 1 heterocycles. The first-order valence-corrected chi connectivity index (χ1v) is 6.09. The number of carbonyl (C=O) groups is 2. The van der Waals surface area contributed by atoms with E-state index in [1.54, 1.807) is 18.2 Å². The molecule has 0 radical (unpaired) electrons. The number of rotatable bonds is 2. The van der Waals surface area contributed by atoms with Crippen molar-refractivity contribution in [2.24, 2.45) is 11.8 Å². The van der Waals surface area contributed by atoms with Gasteiger partial charge in [-0.1, -0.05) is 32.0 Å². The van der Waals surface area contributed by atoms with Crippen molar-refractivity contribution in [2.75, 3.05) is 0 Å². The first-order chi connectivity index (χ1) is 8.50. The molecular weight excluding hydrogens is 233 g/mol. The summed E-state index contributed by atoms with van der Waals surface area (Å²) in [5, 5.41) is 2.30. The minimum absolute atomic E-state index is 0.143. The van der Waals surface area contributed by atoms with E-state index in [-0.39, 0.29) is 24.2 Å². The van der Waals surface area contributed by atoms with Gasteiger partial charge >= 0.3 is 0 Å². The van der Waals surface area contributed by atoms with E-state index < -0.39 is 17.6 Å². The van der Waals surface area contributed by atoms with Crippen LogP contribution >= 0.6 is 0 Å². The molecule has 0 spiro atoms. The molecule has 0 aromatic heterocycles. The van der Waals surface area contributed by atoms with Gasteiger partial charge in [-0.3, -0.25) is 14.9 Å². The SMILES string of the molecule is CC(C)C1CC(=O)NC(=O)C1c1ccccc1F. The minimum Gasteiger partial charge on any atom is -0.296 e. The molecule has 18 heavy (non-hydrogen) atoms. The summed E-state index contributed by atoms with van der Waals surface area (Å²) in [6.07, 6.45) is 0.266. The molecule has 1 aliphatic heterocycles. The predicted molar refractivity (Wildman–Crippen MR) is 65.2 cm³/mol. The third-order valence-electron chi connectivity index (χ3n) is 3.49. The Bertz CT molecular complexity index is 484. The second-order valence-corrected chi connectivity index (χ2v) is 5.02. The van der Waals surface area contributed by atoms with Crippen LogP contribution in [0.4, 0.5) is 4.39 Å². The largest absolute Gasteiger partial charge is 0.296 e. The van der Waals surface area contributed by atoms with Crippen LogP contribution in [0.15, 0.2) is 24.3 Å². The molecule has 1 aliphatic rings. The van der Waals surface area contributed by atoms with E-state index in [4.69, 9.17) is 0 Å². The lowest BCUT2D eigenvalue weighted by atomic mass is 9.74. The number of hydrogen-bond donors (Lipinski definition) is 1. The molecule has 2 rings (SSSR count). The molecular formula is C14H16FNO2. The van der Waals surface area contributed by atoms with Gasteiger partial charge in [0.1, 0.15) is 5.82 Å². The van der Waals surface area contributed by atoms with Crippen molar-refractivity contribution in [3.8, 4) is 0 Å². The van der Waals surface area contributed by atoms with Crippen LogP contribution in [0.3, 0.4) is 0 Å². The molecule has 0 saturated carbocycles. The molecule has 2 amide bonds. The lowest BCUT2D eigenvalue weighted by Crippen LogP contribution is -2.46. The molecule has 96 valence electrons. The molecule has 1 saturated heterocycles. The molecule has 2 atom stereocenters. The molecule has 0 bridgehead atoms. The summed E-state index contributed by atoms with van der Waals surface area (Å²) in [6.45, 7) is 3.90. The van der Waals surface area contributed by atoms with Gasteiger partial charge < -0.3 is 0 Å². The van der Waals surface area contributed by atoms with Gasteiger partial charge in [0.05, 0.1) is 5.92 Å². The zero-order chi connectivity index (χ0) is 13.3. The Balaban J connectivity index is 2.42. The van der Waals surface area contributed by atoms with Gasteiger partial charge in [0.25, 0.3) is 0 Å². The standard InChI is InChI=1S/C14H16FNO2/c1-8(2)10-7-12(17)16-14(18)13(10)9-5-3-4-6-11(9)15/h3-6,8,10,13H,7H2,1-2H3,(H,16,17,18). The average Bonchev–Trinajstić information content (AvgIpc) is 2.29. The molecule has 0 aliphatic carbocycles. The summed E-state index contributed by atoms with van der Waals surface area (Å²) in [5.74, 6) is -1.64. The summed E-state index contributed by atoms with van der Waals surface area (Å²) in [7, 11) is 0. The summed E-state index contributed by atoms with van der Waals surface area (Å²) in [5.41, 5.74) is 0.376. The maximum atomic E-state index is 13.8. The zero-order valence-corrected chi connectivity index (χ0v) is 10.4. The van der Waals surface area contributed by atoms with E-state index in [2.05, 4.69) is 5.32 Å². The Morgan fingerprint density at radius 2 is 1.94 bits per heavy atom. The second kappa shape index (κ2) is 4.88. The lowest BCUT2D eigenvalue weighted by Gasteiger charge is -2.33. The van der Waals surface area contributed by atoms with E-state index in [0.29, 0.717) is 5.56 Å². The maximum Gasteiger partial charge on any atom is 0.234 e. The normalized spacial score (nSPS) is 24.2. The number of imide groups is 1. The number of piperidine rings is 1. The van der Waals surface area contributed by atoms with Gasteiger partial charge in [-0.2, -0.15) is 0 Å². The smallest absolute Gasteiger partial charge is 0.234 e. The monoisotopic (exact) mass is 249 g/mol. The molecule has 2 unspecified atom stereocenters. The van der Waals surface area contributed by atoms with E-state index in [9.17, 15) is 14.0 Å².